The Labute approximate surface area is 114 Å². The standard InChI is InChI=1S/C16H21N3/c1-13-11-18-19(12-13)16-7-4-5-14(10-16)9-15-6-2-3-8-17-15/h4-5,7,10-12,15,17H,2-3,6,8-9H2,1H3. The maximum Gasteiger partial charge on any atom is 0.0648 e. The molecular formula is C16H21N3. The molecule has 3 nitrogen and oxygen atoms in total. The van der Waals surface area contributed by atoms with E-state index in [4.69, 9.17) is 0 Å². The molecule has 0 spiro atoms. The van der Waals surface area contributed by atoms with Gasteiger partial charge in [-0.05, 0) is 56.0 Å². The van der Waals surface area contributed by atoms with Crippen LogP contribution in [0.25, 0.3) is 5.69 Å². The lowest BCUT2D eigenvalue weighted by Crippen LogP contribution is -2.35. The third kappa shape index (κ3) is 3.04. The van der Waals surface area contributed by atoms with Gasteiger partial charge in [0.05, 0.1) is 11.9 Å². The molecule has 1 atom stereocenters. The summed E-state index contributed by atoms with van der Waals surface area (Å²) in [6.07, 6.45) is 9.06. The van der Waals surface area contributed by atoms with Crippen LogP contribution in [0.5, 0.6) is 0 Å². The average molecular weight is 255 g/mol. The van der Waals surface area contributed by atoms with Gasteiger partial charge in [0.15, 0.2) is 0 Å². The quantitative estimate of drug-likeness (QED) is 0.914. The molecule has 1 aromatic carbocycles. The minimum absolute atomic E-state index is 0.642. The molecule has 0 amide bonds. The number of hydrogen-bond acceptors (Lipinski definition) is 2. The van der Waals surface area contributed by atoms with Gasteiger partial charge >= 0.3 is 0 Å². The highest BCUT2D eigenvalue weighted by Gasteiger charge is 2.13. The molecule has 3 heteroatoms. The highest BCUT2D eigenvalue weighted by molar-refractivity contribution is 5.36. The summed E-state index contributed by atoms with van der Waals surface area (Å²) >= 11 is 0. The van der Waals surface area contributed by atoms with Gasteiger partial charge in [-0.15, -0.1) is 0 Å². The Balaban J connectivity index is 1.75. The molecule has 0 radical (unpaired) electrons. The Morgan fingerprint density at radius 3 is 3.05 bits per heavy atom. The molecule has 2 aromatic rings. The first-order chi connectivity index (χ1) is 9.31. The Hall–Kier alpha value is -1.61. The molecule has 1 aliphatic heterocycles. The topological polar surface area (TPSA) is 29.9 Å². The van der Waals surface area contributed by atoms with Crippen molar-refractivity contribution in [1.29, 1.82) is 0 Å². The van der Waals surface area contributed by atoms with E-state index in [-0.39, 0.29) is 0 Å². The summed E-state index contributed by atoms with van der Waals surface area (Å²) in [5, 5.41) is 7.98. The van der Waals surface area contributed by atoms with E-state index in [0.29, 0.717) is 6.04 Å². The van der Waals surface area contributed by atoms with Crippen LogP contribution < -0.4 is 5.32 Å². The Kier molecular flexibility index (Phi) is 3.65. The third-order valence-electron chi connectivity index (χ3n) is 3.78. The van der Waals surface area contributed by atoms with E-state index in [1.54, 1.807) is 0 Å². The second-order valence-electron chi connectivity index (χ2n) is 5.48. The van der Waals surface area contributed by atoms with Gasteiger partial charge < -0.3 is 5.32 Å². The molecule has 2 heterocycles. The fraction of sp³-hybridized carbons (Fsp3) is 0.438. The van der Waals surface area contributed by atoms with E-state index in [1.165, 1.54) is 36.9 Å². The number of hydrogen-bond donors (Lipinski definition) is 1. The SMILES string of the molecule is Cc1cnn(-c2cccc(CC3CCCCN3)c2)c1. The molecule has 1 aliphatic rings. The van der Waals surface area contributed by atoms with Crippen molar-refractivity contribution >= 4 is 0 Å². The van der Waals surface area contributed by atoms with Gasteiger partial charge in [0, 0.05) is 12.2 Å². The van der Waals surface area contributed by atoms with Crippen LogP contribution >= 0.6 is 0 Å². The zero-order chi connectivity index (χ0) is 13.1. The van der Waals surface area contributed by atoms with Gasteiger partial charge in [-0.1, -0.05) is 18.6 Å². The van der Waals surface area contributed by atoms with Crippen LogP contribution in [-0.4, -0.2) is 22.4 Å². The average Bonchev–Trinajstić information content (AvgIpc) is 2.87. The van der Waals surface area contributed by atoms with Gasteiger partial charge in [0.25, 0.3) is 0 Å². The summed E-state index contributed by atoms with van der Waals surface area (Å²) < 4.78 is 1.95. The van der Waals surface area contributed by atoms with Crippen LogP contribution in [0.2, 0.25) is 0 Å². The summed E-state index contributed by atoms with van der Waals surface area (Å²) in [4.78, 5) is 0. The molecule has 3 rings (SSSR count). The van der Waals surface area contributed by atoms with Crippen LogP contribution in [0.15, 0.2) is 36.7 Å². The smallest absolute Gasteiger partial charge is 0.0648 e. The summed E-state index contributed by atoms with van der Waals surface area (Å²) in [5.41, 5.74) is 3.74. The van der Waals surface area contributed by atoms with E-state index in [9.17, 15) is 0 Å². The van der Waals surface area contributed by atoms with Crippen molar-refractivity contribution in [1.82, 2.24) is 15.1 Å². The van der Waals surface area contributed by atoms with Crippen LogP contribution in [0.1, 0.15) is 30.4 Å². The van der Waals surface area contributed by atoms with Gasteiger partial charge in [0.1, 0.15) is 0 Å². The number of aromatic nitrogens is 2. The first-order valence-electron chi connectivity index (χ1n) is 7.15. The molecule has 1 unspecified atom stereocenters. The monoisotopic (exact) mass is 255 g/mol. The first kappa shape index (κ1) is 12.4. The minimum atomic E-state index is 0.642. The lowest BCUT2D eigenvalue weighted by atomic mass is 9.97. The number of nitrogens with zero attached hydrogens (tertiary/aromatic N) is 2. The number of benzene rings is 1. The van der Waals surface area contributed by atoms with Crippen molar-refractivity contribution in [2.75, 3.05) is 6.54 Å². The van der Waals surface area contributed by atoms with Crippen molar-refractivity contribution in [2.24, 2.45) is 0 Å². The molecule has 0 bridgehead atoms. The normalized spacial score (nSPS) is 19.5. The molecule has 1 aromatic heterocycles. The lowest BCUT2D eigenvalue weighted by molar-refractivity contribution is 0.399. The Morgan fingerprint density at radius 2 is 2.32 bits per heavy atom. The summed E-state index contributed by atoms with van der Waals surface area (Å²) in [6, 6.07) is 9.36. The summed E-state index contributed by atoms with van der Waals surface area (Å²) in [6.45, 7) is 3.24. The highest BCUT2D eigenvalue weighted by Crippen LogP contribution is 2.16. The predicted molar refractivity (Wildman–Crippen MR) is 77.6 cm³/mol. The van der Waals surface area contributed by atoms with E-state index < -0.39 is 0 Å². The molecule has 1 saturated heterocycles. The predicted octanol–water partition coefficient (Wildman–Crippen LogP) is 2.87. The number of aryl methyl sites for hydroxylation is 1. The van der Waals surface area contributed by atoms with Crippen molar-refractivity contribution in [2.45, 2.75) is 38.6 Å². The second-order valence-corrected chi connectivity index (χ2v) is 5.48. The zero-order valence-corrected chi connectivity index (χ0v) is 11.5. The van der Waals surface area contributed by atoms with Crippen molar-refractivity contribution in [3.63, 3.8) is 0 Å². The fourth-order valence-corrected chi connectivity index (χ4v) is 2.76. The highest BCUT2D eigenvalue weighted by atomic mass is 15.3. The molecule has 100 valence electrons. The minimum Gasteiger partial charge on any atom is -0.314 e. The lowest BCUT2D eigenvalue weighted by Gasteiger charge is -2.23. The van der Waals surface area contributed by atoms with Crippen molar-refractivity contribution < 1.29 is 0 Å². The zero-order valence-electron chi connectivity index (χ0n) is 11.5. The Bertz CT molecular complexity index is 538. The molecule has 1 fully saturated rings. The number of rotatable bonds is 3. The summed E-state index contributed by atoms with van der Waals surface area (Å²) in [7, 11) is 0. The maximum absolute atomic E-state index is 4.37. The number of nitrogens with one attached hydrogen (secondary N) is 1. The van der Waals surface area contributed by atoms with E-state index in [1.807, 2.05) is 10.9 Å². The van der Waals surface area contributed by atoms with Crippen LogP contribution in [0.3, 0.4) is 0 Å². The van der Waals surface area contributed by atoms with Gasteiger partial charge in [-0.2, -0.15) is 5.10 Å². The van der Waals surface area contributed by atoms with Crippen molar-refractivity contribution in [3.8, 4) is 5.69 Å². The van der Waals surface area contributed by atoms with Crippen LogP contribution in [0, 0.1) is 6.92 Å². The van der Waals surface area contributed by atoms with Gasteiger partial charge in [-0.25, -0.2) is 4.68 Å². The first-order valence-corrected chi connectivity index (χ1v) is 7.15. The van der Waals surface area contributed by atoms with Gasteiger partial charge in [0.2, 0.25) is 0 Å². The van der Waals surface area contributed by atoms with Gasteiger partial charge in [-0.3, -0.25) is 0 Å². The molecule has 0 aliphatic carbocycles. The number of piperidine rings is 1. The van der Waals surface area contributed by atoms with E-state index in [2.05, 4.69) is 47.8 Å². The molecule has 19 heavy (non-hydrogen) atoms. The van der Waals surface area contributed by atoms with Crippen LogP contribution in [0.4, 0.5) is 0 Å². The molecule has 1 N–H and O–H groups in total. The van der Waals surface area contributed by atoms with E-state index >= 15 is 0 Å². The summed E-state index contributed by atoms with van der Waals surface area (Å²) in [5.74, 6) is 0. The Morgan fingerprint density at radius 1 is 1.37 bits per heavy atom. The maximum atomic E-state index is 4.37. The molecule has 0 saturated carbocycles. The van der Waals surface area contributed by atoms with Crippen molar-refractivity contribution in [3.05, 3.63) is 47.8 Å². The second kappa shape index (κ2) is 5.57. The molecular weight excluding hydrogens is 234 g/mol. The van der Waals surface area contributed by atoms with E-state index in [0.717, 1.165) is 12.1 Å². The largest absolute Gasteiger partial charge is 0.314 e. The third-order valence-corrected chi connectivity index (χ3v) is 3.78. The van der Waals surface area contributed by atoms with Crippen LogP contribution in [-0.2, 0) is 6.42 Å². The fourth-order valence-electron chi connectivity index (χ4n) is 2.76.